The molecule has 1 aromatic carbocycles. The molecule has 100 valence electrons. The Bertz CT molecular complexity index is 438. The molecule has 1 aliphatic heterocycles. The van der Waals surface area contributed by atoms with Crippen molar-refractivity contribution in [3.8, 4) is 0 Å². The quantitative estimate of drug-likeness (QED) is 0.713. The number of benzene rings is 1. The Balaban J connectivity index is 2.74. The van der Waals surface area contributed by atoms with Crippen molar-refractivity contribution < 1.29 is 0 Å². The van der Waals surface area contributed by atoms with Crippen molar-refractivity contribution in [3.05, 3.63) is 29.8 Å². The second-order valence-electron chi connectivity index (χ2n) is 8.10. The van der Waals surface area contributed by atoms with Crippen LogP contribution in [0.4, 0.5) is 0 Å². The predicted molar refractivity (Wildman–Crippen MR) is 91.7 cm³/mol. The SMILES string of the molecule is CC1C[Si]([Si](C)(C)C)([Si](C)(C)C)c2ccccc21. The summed E-state index contributed by atoms with van der Waals surface area (Å²) >= 11 is 0. The number of hydrogen-bond acceptors (Lipinski definition) is 0. The molecule has 18 heavy (non-hydrogen) atoms. The average molecular weight is 293 g/mol. The van der Waals surface area contributed by atoms with Gasteiger partial charge >= 0.3 is 0 Å². The van der Waals surface area contributed by atoms with E-state index in [1.807, 2.05) is 5.19 Å². The topological polar surface area (TPSA) is 0 Å². The van der Waals surface area contributed by atoms with Crippen molar-refractivity contribution in [1.29, 1.82) is 0 Å². The van der Waals surface area contributed by atoms with Crippen LogP contribution in [0.3, 0.4) is 0 Å². The Hall–Kier alpha value is -0.129. The molecule has 0 radical (unpaired) electrons. The van der Waals surface area contributed by atoms with E-state index in [4.69, 9.17) is 0 Å². The van der Waals surface area contributed by atoms with E-state index in [1.165, 1.54) is 6.04 Å². The summed E-state index contributed by atoms with van der Waals surface area (Å²) < 4.78 is 0. The van der Waals surface area contributed by atoms with E-state index in [0.717, 1.165) is 5.92 Å². The fourth-order valence-electron chi connectivity index (χ4n) is 4.54. The Morgan fingerprint density at radius 1 is 0.944 bits per heavy atom. The highest BCUT2D eigenvalue weighted by Crippen LogP contribution is 2.43. The fourth-order valence-corrected chi connectivity index (χ4v) is 50.9. The summed E-state index contributed by atoms with van der Waals surface area (Å²) in [4.78, 5) is 0. The van der Waals surface area contributed by atoms with Gasteiger partial charge in [0.1, 0.15) is 0 Å². The normalized spacial score (nSPS) is 22.9. The maximum Gasteiger partial charge on any atom is 0.0745 e. The molecule has 1 unspecified atom stereocenters. The highest BCUT2D eigenvalue weighted by Gasteiger charge is 2.59. The first-order chi connectivity index (χ1) is 8.11. The van der Waals surface area contributed by atoms with Gasteiger partial charge in [-0.2, -0.15) is 0 Å². The molecule has 0 bridgehead atoms. The second kappa shape index (κ2) is 4.18. The van der Waals surface area contributed by atoms with Crippen LogP contribution < -0.4 is 5.19 Å². The van der Waals surface area contributed by atoms with E-state index >= 15 is 0 Å². The molecule has 1 aromatic rings. The van der Waals surface area contributed by atoms with Crippen LogP contribution in [0.1, 0.15) is 18.4 Å². The van der Waals surface area contributed by atoms with E-state index < -0.39 is 22.3 Å². The third kappa shape index (κ3) is 1.82. The van der Waals surface area contributed by atoms with E-state index in [9.17, 15) is 0 Å². The fraction of sp³-hybridized carbons (Fsp3) is 0.600. The lowest BCUT2D eigenvalue weighted by Gasteiger charge is -2.48. The highest BCUT2D eigenvalue weighted by atomic mass is 29.6. The molecular formula is C15H28Si3. The minimum Gasteiger partial charge on any atom is -0.0714 e. The lowest BCUT2D eigenvalue weighted by molar-refractivity contribution is 0.882. The Morgan fingerprint density at radius 2 is 1.44 bits per heavy atom. The molecule has 3 heteroatoms. The van der Waals surface area contributed by atoms with Crippen LogP contribution in [-0.4, -0.2) is 22.3 Å². The van der Waals surface area contributed by atoms with Gasteiger partial charge in [-0.1, -0.05) is 81.7 Å². The third-order valence-corrected chi connectivity index (χ3v) is 44.6. The van der Waals surface area contributed by atoms with Crippen LogP contribution in [0.5, 0.6) is 0 Å². The number of rotatable bonds is 2. The molecule has 1 heterocycles. The zero-order chi connectivity index (χ0) is 13.8. The van der Waals surface area contributed by atoms with Crippen molar-refractivity contribution in [1.82, 2.24) is 0 Å². The smallest absolute Gasteiger partial charge is 0.0714 e. The minimum absolute atomic E-state index is 0.811. The van der Waals surface area contributed by atoms with Crippen LogP contribution in [0.2, 0.25) is 45.3 Å². The summed E-state index contributed by atoms with van der Waals surface area (Å²) in [5.41, 5.74) is 1.70. The van der Waals surface area contributed by atoms with Gasteiger partial charge in [0.15, 0.2) is 0 Å². The van der Waals surface area contributed by atoms with Crippen molar-refractivity contribution in [2.75, 3.05) is 0 Å². The Kier molecular flexibility index (Phi) is 3.32. The maximum absolute atomic E-state index is 2.65. The van der Waals surface area contributed by atoms with Gasteiger partial charge in [-0.15, -0.1) is 0 Å². The van der Waals surface area contributed by atoms with Crippen molar-refractivity contribution in [3.63, 3.8) is 0 Å². The Labute approximate surface area is 115 Å². The third-order valence-electron chi connectivity index (χ3n) is 5.12. The monoisotopic (exact) mass is 292 g/mol. The first-order valence-electron chi connectivity index (χ1n) is 7.21. The summed E-state index contributed by atoms with van der Waals surface area (Å²) in [7, 11) is -3.45. The van der Waals surface area contributed by atoms with Crippen LogP contribution in [0.25, 0.3) is 0 Å². The zero-order valence-electron chi connectivity index (χ0n) is 13.1. The second-order valence-corrected chi connectivity index (χ2v) is 35.5. The molecule has 0 fully saturated rings. The number of fused-ring (bicyclic) bond motifs is 1. The predicted octanol–water partition coefficient (Wildman–Crippen LogP) is 4.29. The molecule has 0 amide bonds. The molecule has 1 aliphatic rings. The van der Waals surface area contributed by atoms with Gasteiger partial charge in [0.25, 0.3) is 0 Å². The van der Waals surface area contributed by atoms with E-state index in [1.54, 1.807) is 5.56 Å². The number of hydrogen-bond donors (Lipinski definition) is 0. The van der Waals surface area contributed by atoms with Gasteiger partial charge in [0.05, 0.1) is 7.11 Å². The van der Waals surface area contributed by atoms with E-state index in [0.29, 0.717) is 0 Å². The summed E-state index contributed by atoms with van der Waals surface area (Å²) in [5, 5.41) is 1.86. The molecule has 0 aliphatic carbocycles. The molecular weight excluding hydrogens is 264 g/mol. The molecule has 0 saturated heterocycles. The lowest BCUT2D eigenvalue weighted by Crippen LogP contribution is -2.76. The maximum atomic E-state index is 2.65. The van der Waals surface area contributed by atoms with Crippen molar-refractivity contribution in [2.24, 2.45) is 0 Å². The van der Waals surface area contributed by atoms with Crippen LogP contribution in [0, 0.1) is 0 Å². The zero-order valence-corrected chi connectivity index (χ0v) is 16.1. The van der Waals surface area contributed by atoms with Gasteiger partial charge in [0, 0.05) is 15.2 Å². The molecule has 1 atom stereocenters. The van der Waals surface area contributed by atoms with Crippen molar-refractivity contribution in [2.45, 2.75) is 58.2 Å². The van der Waals surface area contributed by atoms with Gasteiger partial charge in [-0.25, -0.2) is 0 Å². The first kappa shape index (κ1) is 14.3. The molecule has 0 saturated carbocycles. The first-order valence-corrected chi connectivity index (χ1v) is 18.4. The molecule has 0 aromatic heterocycles. The highest BCUT2D eigenvalue weighted by molar-refractivity contribution is 7.73. The summed E-state index contributed by atoms with van der Waals surface area (Å²) in [5.74, 6) is 0.811. The van der Waals surface area contributed by atoms with Gasteiger partial charge in [0.2, 0.25) is 0 Å². The van der Waals surface area contributed by atoms with E-state index in [2.05, 4.69) is 70.5 Å². The summed E-state index contributed by atoms with van der Waals surface area (Å²) in [6, 6.07) is 11.0. The molecule has 0 nitrogen and oxygen atoms in total. The van der Waals surface area contributed by atoms with Crippen molar-refractivity contribution >= 4 is 27.5 Å². The largest absolute Gasteiger partial charge is 0.0745 e. The molecule has 0 N–H and O–H groups in total. The average Bonchev–Trinajstić information content (AvgIpc) is 2.52. The minimum atomic E-state index is -1.24. The van der Waals surface area contributed by atoms with Gasteiger partial charge in [-0.3, -0.25) is 0 Å². The summed E-state index contributed by atoms with van der Waals surface area (Å²) in [6.07, 6.45) is 0. The van der Waals surface area contributed by atoms with E-state index in [-0.39, 0.29) is 0 Å². The molecule has 0 spiro atoms. The van der Waals surface area contributed by atoms with Crippen LogP contribution in [-0.2, 0) is 0 Å². The summed E-state index contributed by atoms with van der Waals surface area (Å²) in [6.45, 7) is 18.3. The van der Waals surface area contributed by atoms with Gasteiger partial charge < -0.3 is 0 Å². The Morgan fingerprint density at radius 3 is 1.94 bits per heavy atom. The lowest BCUT2D eigenvalue weighted by atomic mass is 10.0. The standard InChI is InChI=1S/C15H28Si3/c1-13-12-18(16(2,3)4,17(5,6)7)15-11-9-8-10-14(13)15/h8-11,13H,12H2,1-7H3. The van der Waals surface area contributed by atoms with Crippen LogP contribution >= 0.6 is 0 Å². The van der Waals surface area contributed by atoms with Crippen LogP contribution in [0.15, 0.2) is 24.3 Å². The van der Waals surface area contributed by atoms with Gasteiger partial charge in [-0.05, 0) is 11.5 Å². The molecule has 2 rings (SSSR count).